The molecule has 0 radical (unpaired) electrons. The molecule has 0 unspecified atom stereocenters. The Morgan fingerprint density at radius 3 is 1.84 bits per heavy atom. The number of rotatable bonds is 10. The van der Waals surface area contributed by atoms with Crippen molar-refractivity contribution in [2.75, 3.05) is 6.61 Å². The van der Waals surface area contributed by atoms with E-state index in [1.165, 1.54) is 83.5 Å². The van der Waals surface area contributed by atoms with E-state index in [9.17, 15) is 4.79 Å². The zero-order chi connectivity index (χ0) is 17.9. The molecule has 0 aromatic rings. The molecule has 0 amide bonds. The first-order chi connectivity index (χ1) is 12.2. The van der Waals surface area contributed by atoms with Crippen LogP contribution in [0.3, 0.4) is 0 Å². The normalized spacial score (nSPS) is 30.2. The van der Waals surface area contributed by atoms with E-state index in [2.05, 4.69) is 6.92 Å². The summed E-state index contributed by atoms with van der Waals surface area (Å²) in [5.74, 6) is 4.10. The van der Waals surface area contributed by atoms with E-state index in [0.29, 0.717) is 13.0 Å². The van der Waals surface area contributed by atoms with Crippen molar-refractivity contribution >= 4 is 5.97 Å². The zero-order valence-electron chi connectivity index (χ0n) is 16.9. The van der Waals surface area contributed by atoms with Gasteiger partial charge in [0.25, 0.3) is 0 Å². The predicted molar refractivity (Wildman–Crippen MR) is 106 cm³/mol. The fourth-order valence-electron chi connectivity index (χ4n) is 5.42. The minimum absolute atomic E-state index is 0.0170. The highest BCUT2D eigenvalue weighted by Gasteiger charge is 2.30. The summed E-state index contributed by atoms with van der Waals surface area (Å²) < 4.78 is 4.99. The molecule has 146 valence electrons. The van der Waals surface area contributed by atoms with Crippen LogP contribution in [0.25, 0.3) is 0 Å². The fourth-order valence-corrected chi connectivity index (χ4v) is 5.42. The number of unbranched alkanes of at least 4 members (excludes halogenated alkanes) is 2. The van der Waals surface area contributed by atoms with Crippen molar-refractivity contribution in [2.45, 2.75) is 110 Å². The molecule has 0 aromatic heterocycles. The molecule has 0 saturated heterocycles. The van der Waals surface area contributed by atoms with Gasteiger partial charge in [-0.15, -0.1) is 0 Å². The Morgan fingerprint density at radius 1 is 0.760 bits per heavy atom. The van der Waals surface area contributed by atoms with Gasteiger partial charge in [0, 0.05) is 6.42 Å². The second-order valence-electron chi connectivity index (χ2n) is 8.75. The number of carbonyl (C=O) groups excluding carboxylic acids is 1. The summed E-state index contributed by atoms with van der Waals surface area (Å²) >= 11 is 0. The molecule has 0 bridgehead atoms. The lowest BCUT2D eigenvalue weighted by Crippen LogP contribution is -2.25. The number of ether oxygens (including phenoxy) is 1. The van der Waals surface area contributed by atoms with E-state index < -0.39 is 0 Å². The summed E-state index contributed by atoms with van der Waals surface area (Å²) in [5.41, 5.74) is 0. The van der Waals surface area contributed by atoms with Gasteiger partial charge in [-0.1, -0.05) is 64.7 Å². The molecule has 2 heteroatoms. The molecule has 2 saturated carbocycles. The van der Waals surface area contributed by atoms with Crippen molar-refractivity contribution < 1.29 is 9.53 Å². The summed E-state index contributed by atoms with van der Waals surface area (Å²) in [7, 11) is 0. The maximum Gasteiger partial charge on any atom is 0.305 e. The average molecular weight is 351 g/mol. The fraction of sp³-hybridized carbons (Fsp3) is 0.957. The minimum atomic E-state index is -0.0170. The number of esters is 1. The molecular formula is C23H42O2. The lowest BCUT2D eigenvalue weighted by atomic mass is 9.68. The highest BCUT2D eigenvalue weighted by Crippen LogP contribution is 2.43. The lowest BCUT2D eigenvalue weighted by Gasteiger charge is -2.38. The molecular weight excluding hydrogens is 308 g/mol. The highest BCUT2D eigenvalue weighted by atomic mass is 16.5. The van der Waals surface area contributed by atoms with Crippen molar-refractivity contribution in [3.63, 3.8) is 0 Å². The van der Waals surface area contributed by atoms with Gasteiger partial charge in [0.2, 0.25) is 0 Å². The molecule has 0 aliphatic heterocycles. The van der Waals surface area contributed by atoms with Crippen molar-refractivity contribution in [2.24, 2.45) is 23.7 Å². The Morgan fingerprint density at radius 2 is 1.32 bits per heavy atom. The van der Waals surface area contributed by atoms with Crippen molar-refractivity contribution in [3.05, 3.63) is 0 Å². The first-order valence-electron chi connectivity index (χ1n) is 11.4. The van der Waals surface area contributed by atoms with Gasteiger partial charge in [-0.3, -0.25) is 4.79 Å². The molecule has 2 nitrogen and oxygen atoms in total. The molecule has 0 aromatic carbocycles. The lowest BCUT2D eigenvalue weighted by molar-refractivity contribution is -0.143. The van der Waals surface area contributed by atoms with Crippen LogP contribution in [0.5, 0.6) is 0 Å². The summed E-state index contributed by atoms with van der Waals surface area (Å²) in [6, 6.07) is 0. The molecule has 2 rings (SSSR count). The van der Waals surface area contributed by atoms with E-state index in [0.717, 1.165) is 30.1 Å². The average Bonchev–Trinajstić information content (AvgIpc) is 2.63. The first kappa shape index (κ1) is 20.8. The van der Waals surface area contributed by atoms with Gasteiger partial charge < -0.3 is 4.74 Å². The largest absolute Gasteiger partial charge is 0.466 e. The molecule has 0 heterocycles. The second-order valence-corrected chi connectivity index (χ2v) is 8.75. The van der Waals surface area contributed by atoms with E-state index in [-0.39, 0.29) is 5.97 Å². The van der Waals surface area contributed by atoms with Gasteiger partial charge in [0.1, 0.15) is 0 Å². The topological polar surface area (TPSA) is 26.3 Å². The third-order valence-corrected chi connectivity index (χ3v) is 6.95. The smallest absolute Gasteiger partial charge is 0.305 e. The quantitative estimate of drug-likeness (QED) is 0.316. The number of hydrogen-bond acceptors (Lipinski definition) is 2. The third-order valence-electron chi connectivity index (χ3n) is 6.95. The Balaban J connectivity index is 1.51. The Hall–Kier alpha value is -0.530. The Labute approximate surface area is 156 Å². The van der Waals surface area contributed by atoms with Gasteiger partial charge in [0.05, 0.1) is 6.61 Å². The summed E-state index contributed by atoms with van der Waals surface area (Å²) in [6.07, 6.45) is 20.4. The van der Waals surface area contributed by atoms with Gasteiger partial charge in [-0.25, -0.2) is 0 Å². The summed E-state index contributed by atoms with van der Waals surface area (Å²) in [5, 5.41) is 0. The van der Waals surface area contributed by atoms with Crippen molar-refractivity contribution in [1.82, 2.24) is 0 Å². The van der Waals surface area contributed by atoms with Crippen LogP contribution in [0.4, 0.5) is 0 Å². The van der Waals surface area contributed by atoms with Gasteiger partial charge >= 0.3 is 5.97 Å². The Bertz CT molecular complexity index is 349. The van der Waals surface area contributed by atoms with Crippen LogP contribution in [0.15, 0.2) is 0 Å². The molecule has 2 aliphatic carbocycles. The van der Waals surface area contributed by atoms with Crippen LogP contribution in [-0.2, 0) is 9.53 Å². The number of carbonyl (C=O) groups is 1. The summed E-state index contributed by atoms with van der Waals surface area (Å²) in [4.78, 5) is 11.3. The first-order valence-corrected chi connectivity index (χ1v) is 11.4. The van der Waals surface area contributed by atoms with Gasteiger partial charge in [0.15, 0.2) is 0 Å². The van der Waals surface area contributed by atoms with E-state index in [1.54, 1.807) is 0 Å². The van der Waals surface area contributed by atoms with Crippen molar-refractivity contribution in [3.8, 4) is 0 Å². The maximum atomic E-state index is 11.3. The van der Waals surface area contributed by atoms with Crippen LogP contribution < -0.4 is 0 Å². The van der Waals surface area contributed by atoms with Gasteiger partial charge in [-0.2, -0.15) is 0 Å². The van der Waals surface area contributed by atoms with Crippen LogP contribution >= 0.6 is 0 Å². The molecule has 2 fully saturated rings. The van der Waals surface area contributed by atoms with Crippen LogP contribution in [0, 0.1) is 23.7 Å². The zero-order valence-corrected chi connectivity index (χ0v) is 16.9. The van der Waals surface area contributed by atoms with E-state index in [4.69, 9.17) is 4.74 Å². The monoisotopic (exact) mass is 350 g/mol. The predicted octanol–water partition coefficient (Wildman–Crippen LogP) is 6.91. The summed E-state index contributed by atoms with van der Waals surface area (Å²) in [6.45, 7) is 4.73. The highest BCUT2D eigenvalue weighted by molar-refractivity contribution is 5.69. The van der Waals surface area contributed by atoms with Crippen LogP contribution in [0.1, 0.15) is 110 Å². The number of hydrogen-bond donors (Lipinski definition) is 0. The SMILES string of the molecule is CCCC1CCC(C2CCC(CCCCCC(=O)OCC)CC2)CC1. The third kappa shape index (κ3) is 7.71. The van der Waals surface area contributed by atoms with Crippen LogP contribution in [-0.4, -0.2) is 12.6 Å². The molecule has 0 N–H and O–H groups in total. The minimum Gasteiger partial charge on any atom is -0.466 e. The van der Waals surface area contributed by atoms with Crippen LogP contribution in [0.2, 0.25) is 0 Å². The van der Waals surface area contributed by atoms with E-state index in [1.807, 2.05) is 6.92 Å². The van der Waals surface area contributed by atoms with E-state index >= 15 is 0 Å². The molecule has 25 heavy (non-hydrogen) atoms. The molecule has 2 aliphatic rings. The van der Waals surface area contributed by atoms with Gasteiger partial charge in [-0.05, 0) is 62.7 Å². The standard InChI is InChI=1S/C23H42O2/c1-3-8-19-11-15-21(16-12-19)22-17-13-20(14-18-22)9-6-5-7-10-23(24)25-4-2/h19-22H,3-18H2,1-2H3. The molecule has 0 spiro atoms. The second kappa shape index (κ2) is 12.0. The molecule has 0 atom stereocenters. The maximum absolute atomic E-state index is 11.3. The van der Waals surface area contributed by atoms with Crippen molar-refractivity contribution in [1.29, 1.82) is 0 Å². The Kier molecular flexibility index (Phi) is 9.94.